The van der Waals surface area contributed by atoms with Crippen LogP contribution in [0.25, 0.3) is 0 Å². The zero-order valence-electron chi connectivity index (χ0n) is 9.98. The molecule has 2 aromatic rings. The van der Waals surface area contributed by atoms with Gasteiger partial charge in [-0.1, -0.05) is 78.0 Å². The summed E-state index contributed by atoms with van der Waals surface area (Å²) in [5.74, 6) is 0. The lowest BCUT2D eigenvalue weighted by Crippen LogP contribution is -2.28. The van der Waals surface area contributed by atoms with Gasteiger partial charge in [0.15, 0.2) is 6.71 Å². The summed E-state index contributed by atoms with van der Waals surface area (Å²) in [5, 5.41) is 0. The van der Waals surface area contributed by atoms with Crippen LogP contribution in [0, 0.1) is 6.92 Å². The van der Waals surface area contributed by atoms with Crippen molar-refractivity contribution in [1.82, 2.24) is 0 Å². The molecular formula is C15H17B. The molecule has 2 rings (SSSR count). The zero-order valence-corrected chi connectivity index (χ0v) is 9.98. The molecule has 0 aliphatic heterocycles. The van der Waals surface area contributed by atoms with E-state index in [1.807, 2.05) is 0 Å². The Morgan fingerprint density at radius 2 is 1.50 bits per heavy atom. The molecule has 0 aliphatic rings. The summed E-state index contributed by atoms with van der Waals surface area (Å²) >= 11 is 0. The van der Waals surface area contributed by atoms with Gasteiger partial charge >= 0.3 is 0 Å². The average Bonchev–Trinajstić information content (AvgIpc) is 2.33. The number of hydrogen-bond acceptors (Lipinski definition) is 0. The molecule has 1 heteroatoms. The van der Waals surface area contributed by atoms with Crippen LogP contribution in [0.4, 0.5) is 0 Å². The molecule has 0 aromatic heterocycles. The summed E-state index contributed by atoms with van der Waals surface area (Å²) in [7, 11) is 0. The molecule has 0 amide bonds. The average molecular weight is 208 g/mol. The normalized spacial score (nSPS) is 10.1. The fourth-order valence-electron chi connectivity index (χ4n) is 1.98. The molecule has 0 N–H and O–H groups in total. The van der Waals surface area contributed by atoms with Gasteiger partial charge in [0.2, 0.25) is 0 Å². The van der Waals surface area contributed by atoms with E-state index < -0.39 is 0 Å². The van der Waals surface area contributed by atoms with E-state index in [4.69, 9.17) is 0 Å². The highest BCUT2D eigenvalue weighted by molar-refractivity contribution is 6.71. The molecule has 2 aromatic carbocycles. The Morgan fingerprint density at radius 1 is 0.875 bits per heavy atom. The van der Waals surface area contributed by atoms with Gasteiger partial charge in [-0.3, -0.25) is 0 Å². The van der Waals surface area contributed by atoms with Gasteiger partial charge in [-0.05, 0) is 13.2 Å². The molecule has 0 spiro atoms. The van der Waals surface area contributed by atoms with Crippen molar-refractivity contribution in [2.24, 2.45) is 0 Å². The van der Waals surface area contributed by atoms with E-state index in [0.717, 1.165) is 6.32 Å². The van der Waals surface area contributed by atoms with Crippen LogP contribution in [-0.2, 0) is 6.32 Å². The van der Waals surface area contributed by atoms with E-state index in [9.17, 15) is 0 Å². The Bertz CT molecular complexity index is 431. The summed E-state index contributed by atoms with van der Waals surface area (Å²) < 4.78 is 0. The van der Waals surface area contributed by atoms with E-state index >= 15 is 0 Å². The number of benzene rings is 2. The number of rotatable bonds is 3. The van der Waals surface area contributed by atoms with Crippen LogP contribution >= 0.6 is 0 Å². The Balaban J connectivity index is 2.08. The maximum Gasteiger partial charge on any atom is 0.177 e. The van der Waals surface area contributed by atoms with E-state index in [-0.39, 0.29) is 0 Å². The molecule has 0 atom stereocenters. The van der Waals surface area contributed by atoms with Gasteiger partial charge in [0.25, 0.3) is 0 Å². The molecular weight excluding hydrogens is 191 g/mol. The molecule has 16 heavy (non-hydrogen) atoms. The molecule has 0 fully saturated rings. The van der Waals surface area contributed by atoms with Crippen LogP contribution in [0.2, 0.25) is 6.82 Å². The van der Waals surface area contributed by atoms with Crippen LogP contribution in [-0.4, -0.2) is 6.71 Å². The van der Waals surface area contributed by atoms with Crippen LogP contribution in [0.5, 0.6) is 0 Å². The Hall–Kier alpha value is -1.50. The standard InChI is InChI=1S/C15H17B/c1-13-8-10-14(11-9-13)12-16(2)15-6-4-3-5-7-15/h3-11H,12H2,1-2H3. The smallest absolute Gasteiger partial charge is 0.0814 e. The molecule has 0 radical (unpaired) electrons. The maximum atomic E-state index is 2.29. The first-order valence-corrected chi connectivity index (χ1v) is 5.86. The lowest BCUT2D eigenvalue weighted by molar-refractivity contribution is 1.33. The number of hydrogen-bond donors (Lipinski definition) is 0. The van der Waals surface area contributed by atoms with E-state index in [0.29, 0.717) is 6.71 Å². The van der Waals surface area contributed by atoms with Gasteiger partial charge in [0.05, 0.1) is 0 Å². The lowest BCUT2D eigenvalue weighted by Gasteiger charge is -2.08. The number of aryl methyl sites for hydroxylation is 1. The van der Waals surface area contributed by atoms with Crippen LogP contribution in [0.15, 0.2) is 54.6 Å². The minimum absolute atomic E-state index is 0.587. The summed E-state index contributed by atoms with van der Waals surface area (Å²) in [6.45, 7) is 5.00. The Labute approximate surface area is 98.4 Å². The van der Waals surface area contributed by atoms with Gasteiger partial charge in [0.1, 0.15) is 0 Å². The highest BCUT2D eigenvalue weighted by Gasteiger charge is 2.09. The van der Waals surface area contributed by atoms with E-state index in [2.05, 4.69) is 68.3 Å². The summed E-state index contributed by atoms with van der Waals surface area (Å²) in [6.07, 6.45) is 1.12. The third kappa shape index (κ3) is 2.76. The largest absolute Gasteiger partial charge is 0.177 e. The predicted molar refractivity (Wildman–Crippen MR) is 72.6 cm³/mol. The second-order valence-electron chi connectivity index (χ2n) is 4.50. The second kappa shape index (κ2) is 5.02. The summed E-state index contributed by atoms with van der Waals surface area (Å²) in [6, 6.07) is 19.5. The van der Waals surface area contributed by atoms with Crippen LogP contribution < -0.4 is 5.46 Å². The van der Waals surface area contributed by atoms with Gasteiger partial charge in [0, 0.05) is 0 Å². The van der Waals surface area contributed by atoms with Gasteiger partial charge in [-0.15, -0.1) is 0 Å². The van der Waals surface area contributed by atoms with Crippen molar-refractivity contribution in [2.75, 3.05) is 0 Å². The van der Waals surface area contributed by atoms with E-state index in [1.54, 1.807) is 0 Å². The lowest BCUT2D eigenvalue weighted by atomic mass is 9.44. The molecule has 0 heterocycles. The van der Waals surface area contributed by atoms with Crippen LogP contribution in [0.1, 0.15) is 11.1 Å². The van der Waals surface area contributed by atoms with Gasteiger partial charge in [-0.25, -0.2) is 0 Å². The molecule has 80 valence electrons. The topological polar surface area (TPSA) is 0 Å². The third-order valence-corrected chi connectivity index (χ3v) is 3.03. The summed E-state index contributed by atoms with van der Waals surface area (Å²) in [4.78, 5) is 0. The third-order valence-electron chi connectivity index (χ3n) is 3.03. The van der Waals surface area contributed by atoms with Crippen molar-refractivity contribution in [3.05, 3.63) is 65.7 Å². The minimum atomic E-state index is 0.587. The first-order valence-electron chi connectivity index (χ1n) is 5.86. The minimum Gasteiger partial charge on any atom is -0.0814 e. The Kier molecular flexibility index (Phi) is 3.45. The molecule has 0 bridgehead atoms. The SMILES string of the molecule is CB(Cc1ccc(C)cc1)c1ccccc1. The van der Waals surface area contributed by atoms with Crippen LogP contribution in [0.3, 0.4) is 0 Å². The first kappa shape index (κ1) is 11.0. The molecule has 0 aliphatic carbocycles. The summed E-state index contributed by atoms with van der Waals surface area (Å²) in [5.41, 5.74) is 4.17. The van der Waals surface area contributed by atoms with Crippen molar-refractivity contribution in [2.45, 2.75) is 20.1 Å². The molecule has 0 nitrogen and oxygen atoms in total. The quantitative estimate of drug-likeness (QED) is 0.680. The molecule has 0 saturated carbocycles. The first-order chi connectivity index (χ1) is 7.75. The van der Waals surface area contributed by atoms with Crippen molar-refractivity contribution in [3.63, 3.8) is 0 Å². The van der Waals surface area contributed by atoms with Crippen molar-refractivity contribution < 1.29 is 0 Å². The zero-order chi connectivity index (χ0) is 11.4. The van der Waals surface area contributed by atoms with Crippen molar-refractivity contribution >= 4 is 12.2 Å². The maximum absolute atomic E-state index is 2.29. The Morgan fingerprint density at radius 3 is 2.12 bits per heavy atom. The van der Waals surface area contributed by atoms with Gasteiger partial charge in [-0.2, -0.15) is 0 Å². The molecule has 0 unspecified atom stereocenters. The van der Waals surface area contributed by atoms with E-state index in [1.165, 1.54) is 16.6 Å². The fourth-order valence-corrected chi connectivity index (χ4v) is 1.98. The van der Waals surface area contributed by atoms with Gasteiger partial charge < -0.3 is 0 Å². The second-order valence-corrected chi connectivity index (χ2v) is 4.50. The van der Waals surface area contributed by atoms with Crippen molar-refractivity contribution in [3.8, 4) is 0 Å². The monoisotopic (exact) mass is 208 g/mol. The predicted octanol–water partition coefficient (Wildman–Crippen LogP) is 3.11. The highest BCUT2D eigenvalue weighted by Crippen LogP contribution is 2.05. The van der Waals surface area contributed by atoms with Crippen molar-refractivity contribution in [1.29, 1.82) is 0 Å². The fraction of sp³-hybridized carbons (Fsp3) is 0.200. The molecule has 0 saturated heterocycles. The highest BCUT2D eigenvalue weighted by atomic mass is 13.9.